The van der Waals surface area contributed by atoms with Crippen molar-refractivity contribution in [3.8, 4) is 23.0 Å². The summed E-state index contributed by atoms with van der Waals surface area (Å²) in [6.45, 7) is 1.11. The minimum atomic E-state index is -0.142. The van der Waals surface area contributed by atoms with E-state index in [2.05, 4.69) is 0 Å². The van der Waals surface area contributed by atoms with E-state index in [1.54, 1.807) is 44.4 Å². The molecule has 0 spiro atoms. The summed E-state index contributed by atoms with van der Waals surface area (Å²) in [5.41, 5.74) is 1.48. The quantitative estimate of drug-likeness (QED) is 0.426. The number of amides is 1. The Morgan fingerprint density at radius 3 is 2.19 bits per heavy atom. The molecular formula is C25H26ClNO5. The van der Waals surface area contributed by atoms with Gasteiger partial charge < -0.3 is 23.8 Å². The van der Waals surface area contributed by atoms with Crippen molar-refractivity contribution in [3.05, 3.63) is 82.9 Å². The number of para-hydroxylation sites is 2. The van der Waals surface area contributed by atoms with Crippen molar-refractivity contribution in [2.45, 2.75) is 6.61 Å². The van der Waals surface area contributed by atoms with Gasteiger partial charge in [0.15, 0.2) is 23.0 Å². The molecule has 7 heteroatoms. The summed E-state index contributed by atoms with van der Waals surface area (Å²) in [5, 5.41) is 0.673. The first kappa shape index (κ1) is 23.3. The van der Waals surface area contributed by atoms with Gasteiger partial charge in [-0.05, 0) is 48.0 Å². The molecule has 0 aromatic heterocycles. The lowest BCUT2D eigenvalue weighted by Crippen LogP contribution is -2.30. The number of likely N-dealkylation sites (N-methyl/N-ethyl adjacent to an activating group) is 1. The predicted octanol–water partition coefficient (Wildman–Crippen LogP) is 5.09. The van der Waals surface area contributed by atoms with Gasteiger partial charge in [-0.1, -0.05) is 35.9 Å². The summed E-state index contributed by atoms with van der Waals surface area (Å²) >= 11 is 5.92. The lowest BCUT2D eigenvalue weighted by molar-refractivity contribution is 0.0772. The molecule has 0 aliphatic heterocycles. The lowest BCUT2D eigenvalue weighted by Gasteiger charge is -2.19. The van der Waals surface area contributed by atoms with Crippen molar-refractivity contribution >= 4 is 17.5 Å². The van der Waals surface area contributed by atoms with Crippen LogP contribution in [0.25, 0.3) is 0 Å². The van der Waals surface area contributed by atoms with Gasteiger partial charge in [0, 0.05) is 17.6 Å². The average Bonchev–Trinajstić information content (AvgIpc) is 2.83. The van der Waals surface area contributed by atoms with E-state index < -0.39 is 0 Å². The number of benzene rings is 3. The summed E-state index contributed by atoms with van der Waals surface area (Å²) in [6, 6.07) is 20.0. The molecule has 0 saturated heterocycles. The fraction of sp³-hybridized carbons (Fsp3) is 0.240. The van der Waals surface area contributed by atoms with Crippen LogP contribution in [0.3, 0.4) is 0 Å². The highest BCUT2D eigenvalue weighted by atomic mass is 35.5. The number of hydrogen-bond acceptors (Lipinski definition) is 5. The van der Waals surface area contributed by atoms with Crippen LogP contribution in [0.2, 0.25) is 5.02 Å². The summed E-state index contributed by atoms with van der Waals surface area (Å²) < 4.78 is 22.3. The normalized spacial score (nSPS) is 10.4. The lowest BCUT2D eigenvalue weighted by atomic mass is 10.1. The van der Waals surface area contributed by atoms with E-state index in [0.717, 1.165) is 5.56 Å². The number of nitrogens with zero attached hydrogens (tertiary/aromatic N) is 1. The maximum atomic E-state index is 12.8. The Balaban J connectivity index is 1.58. The highest BCUT2D eigenvalue weighted by Crippen LogP contribution is 2.29. The number of hydrogen-bond donors (Lipinski definition) is 0. The number of methoxy groups -OCH3 is 2. The predicted molar refractivity (Wildman–Crippen MR) is 124 cm³/mol. The molecule has 0 bridgehead atoms. The first-order valence-corrected chi connectivity index (χ1v) is 10.5. The fourth-order valence-electron chi connectivity index (χ4n) is 3.01. The largest absolute Gasteiger partial charge is 0.493 e. The summed E-state index contributed by atoms with van der Waals surface area (Å²) in [7, 11) is 4.86. The van der Waals surface area contributed by atoms with Crippen LogP contribution in [0.4, 0.5) is 0 Å². The highest BCUT2D eigenvalue weighted by molar-refractivity contribution is 6.30. The third kappa shape index (κ3) is 6.08. The Labute approximate surface area is 193 Å². The zero-order valence-corrected chi connectivity index (χ0v) is 19.1. The molecule has 0 radical (unpaired) electrons. The molecule has 3 rings (SSSR count). The van der Waals surface area contributed by atoms with Crippen LogP contribution < -0.4 is 18.9 Å². The topological polar surface area (TPSA) is 57.2 Å². The van der Waals surface area contributed by atoms with Crippen LogP contribution in [0.15, 0.2) is 66.7 Å². The van der Waals surface area contributed by atoms with Gasteiger partial charge in [-0.2, -0.15) is 0 Å². The minimum Gasteiger partial charge on any atom is -0.493 e. The number of ether oxygens (including phenoxy) is 4. The maximum absolute atomic E-state index is 12.8. The smallest absolute Gasteiger partial charge is 0.253 e. The van der Waals surface area contributed by atoms with Crippen LogP contribution >= 0.6 is 11.6 Å². The van der Waals surface area contributed by atoms with E-state index in [4.69, 9.17) is 30.5 Å². The van der Waals surface area contributed by atoms with E-state index in [-0.39, 0.29) is 5.91 Å². The van der Waals surface area contributed by atoms with Crippen molar-refractivity contribution in [3.63, 3.8) is 0 Å². The third-order valence-electron chi connectivity index (χ3n) is 4.82. The second-order valence-corrected chi connectivity index (χ2v) is 7.44. The molecule has 6 nitrogen and oxygen atoms in total. The molecule has 0 aliphatic rings. The Bertz CT molecular complexity index is 1040. The molecule has 0 saturated carbocycles. The summed E-state index contributed by atoms with van der Waals surface area (Å²) in [5.74, 6) is 2.20. The van der Waals surface area contributed by atoms with Crippen LogP contribution in [0.5, 0.6) is 23.0 Å². The van der Waals surface area contributed by atoms with E-state index in [1.165, 1.54) is 0 Å². The van der Waals surface area contributed by atoms with Gasteiger partial charge in [-0.25, -0.2) is 0 Å². The molecule has 0 atom stereocenters. The number of carbonyl (C=O) groups excluding carboxylic acids is 1. The summed E-state index contributed by atoms with van der Waals surface area (Å²) in [4.78, 5) is 14.4. The fourth-order valence-corrected chi connectivity index (χ4v) is 3.14. The first-order chi connectivity index (χ1) is 15.5. The van der Waals surface area contributed by atoms with Crippen molar-refractivity contribution in [2.24, 2.45) is 0 Å². The Morgan fingerprint density at radius 2 is 1.50 bits per heavy atom. The second-order valence-electron chi connectivity index (χ2n) is 7.01. The Kier molecular flexibility index (Phi) is 8.22. The van der Waals surface area contributed by atoms with Crippen molar-refractivity contribution < 1.29 is 23.7 Å². The number of halogens is 1. The molecule has 0 aliphatic carbocycles. The van der Waals surface area contributed by atoms with Gasteiger partial charge >= 0.3 is 0 Å². The second kappa shape index (κ2) is 11.3. The number of rotatable bonds is 10. The van der Waals surface area contributed by atoms with Crippen LogP contribution in [0, 0.1) is 0 Å². The van der Waals surface area contributed by atoms with Gasteiger partial charge in [-0.15, -0.1) is 0 Å². The van der Waals surface area contributed by atoms with E-state index in [0.29, 0.717) is 53.3 Å². The van der Waals surface area contributed by atoms with Crippen LogP contribution in [-0.4, -0.2) is 45.2 Å². The Hall–Kier alpha value is -3.38. The van der Waals surface area contributed by atoms with Crippen LogP contribution in [-0.2, 0) is 6.61 Å². The average molecular weight is 456 g/mol. The van der Waals surface area contributed by atoms with Crippen LogP contribution in [0.1, 0.15) is 15.9 Å². The zero-order valence-electron chi connectivity index (χ0n) is 18.3. The van der Waals surface area contributed by atoms with E-state index >= 15 is 0 Å². The van der Waals surface area contributed by atoms with Crippen molar-refractivity contribution in [1.82, 2.24) is 4.90 Å². The van der Waals surface area contributed by atoms with Gasteiger partial charge in [0.1, 0.15) is 13.2 Å². The molecule has 0 N–H and O–H groups in total. The van der Waals surface area contributed by atoms with Crippen molar-refractivity contribution in [1.29, 1.82) is 0 Å². The van der Waals surface area contributed by atoms with Crippen molar-refractivity contribution in [2.75, 3.05) is 34.4 Å². The van der Waals surface area contributed by atoms with Gasteiger partial charge in [0.25, 0.3) is 5.91 Å². The SMILES string of the molecule is COc1ccccc1OCCN(C)C(=O)c1ccc(OCc2ccc(Cl)cc2)c(OC)c1. The molecule has 3 aromatic rings. The molecule has 3 aromatic carbocycles. The molecule has 0 fully saturated rings. The molecule has 168 valence electrons. The summed E-state index contributed by atoms with van der Waals surface area (Å²) in [6.07, 6.45) is 0. The monoisotopic (exact) mass is 455 g/mol. The standard InChI is InChI=1S/C25H26ClNO5/c1-27(14-15-31-22-7-5-4-6-21(22)29-2)25(28)19-10-13-23(24(16-19)30-3)32-17-18-8-11-20(26)12-9-18/h4-13,16H,14-15,17H2,1-3H3. The zero-order chi connectivity index (χ0) is 22.9. The third-order valence-corrected chi connectivity index (χ3v) is 5.07. The van der Waals surface area contributed by atoms with Gasteiger partial charge in [-0.3, -0.25) is 4.79 Å². The van der Waals surface area contributed by atoms with E-state index in [1.807, 2.05) is 48.5 Å². The number of carbonyl (C=O) groups is 1. The van der Waals surface area contributed by atoms with Gasteiger partial charge in [0.2, 0.25) is 0 Å². The first-order valence-electron chi connectivity index (χ1n) is 10.1. The maximum Gasteiger partial charge on any atom is 0.253 e. The molecule has 0 unspecified atom stereocenters. The Morgan fingerprint density at radius 1 is 0.844 bits per heavy atom. The van der Waals surface area contributed by atoms with Gasteiger partial charge in [0.05, 0.1) is 20.8 Å². The van der Waals surface area contributed by atoms with E-state index in [9.17, 15) is 4.79 Å². The minimum absolute atomic E-state index is 0.142. The molecule has 1 amide bonds. The molecular weight excluding hydrogens is 430 g/mol. The highest BCUT2D eigenvalue weighted by Gasteiger charge is 2.15. The molecule has 0 heterocycles. The molecule has 32 heavy (non-hydrogen) atoms.